The van der Waals surface area contributed by atoms with Gasteiger partial charge in [-0.25, -0.2) is 4.98 Å². The highest BCUT2D eigenvalue weighted by atomic mass is 35.5. The average molecular weight is 397 g/mol. The fraction of sp³-hybridized carbons (Fsp3) is 0.318. The van der Waals surface area contributed by atoms with Gasteiger partial charge < -0.3 is 10.2 Å². The summed E-state index contributed by atoms with van der Waals surface area (Å²) in [6.07, 6.45) is 1.61. The third-order valence-electron chi connectivity index (χ3n) is 4.88. The van der Waals surface area contributed by atoms with Crippen LogP contribution in [0.5, 0.6) is 0 Å². The number of halogens is 1. The van der Waals surface area contributed by atoms with Crippen LogP contribution in [0.15, 0.2) is 48.7 Å². The molecule has 2 aromatic heterocycles. The molecule has 0 spiro atoms. The summed E-state index contributed by atoms with van der Waals surface area (Å²) in [5, 5.41) is 4.78. The standard InChI is InChI=1S/C22H25ClN4O/c1-14(2)20(13-25-21-10-9-16(23)12-24-21)27(4)22(28)18-11-15(3)26-19-8-6-5-7-17(18)19/h5-12,14,20H,13H2,1-4H3,(H,24,25)/t20-/m1/s1. The van der Waals surface area contributed by atoms with Crippen LogP contribution >= 0.6 is 11.6 Å². The third kappa shape index (κ3) is 4.42. The molecule has 0 aliphatic rings. The maximum atomic E-state index is 13.4. The van der Waals surface area contributed by atoms with Gasteiger partial charge in [-0.05, 0) is 37.1 Å². The molecule has 3 aromatic rings. The number of carbonyl (C=O) groups excluding carboxylic acids is 1. The molecule has 2 heterocycles. The number of nitrogens with one attached hydrogen (secondary N) is 1. The Labute approximate surface area is 170 Å². The Balaban J connectivity index is 1.84. The monoisotopic (exact) mass is 396 g/mol. The van der Waals surface area contributed by atoms with E-state index in [9.17, 15) is 4.79 Å². The minimum atomic E-state index is -0.00809. The normalized spacial score (nSPS) is 12.2. The van der Waals surface area contributed by atoms with Gasteiger partial charge in [0.15, 0.2) is 0 Å². The van der Waals surface area contributed by atoms with Gasteiger partial charge in [-0.15, -0.1) is 0 Å². The van der Waals surface area contributed by atoms with E-state index in [0.717, 1.165) is 22.4 Å². The number of aromatic nitrogens is 2. The number of pyridine rings is 2. The lowest BCUT2D eigenvalue weighted by molar-refractivity contribution is 0.0703. The van der Waals surface area contributed by atoms with Crippen molar-refractivity contribution in [1.29, 1.82) is 0 Å². The summed E-state index contributed by atoms with van der Waals surface area (Å²) in [4.78, 5) is 24.0. The average Bonchev–Trinajstić information content (AvgIpc) is 2.67. The number of amides is 1. The van der Waals surface area contributed by atoms with E-state index in [1.54, 1.807) is 12.3 Å². The Bertz CT molecular complexity index is 972. The molecule has 6 heteroatoms. The van der Waals surface area contributed by atoms with Crippen LogP contribution in [0, 0.1) is 12.8 Å². The van der Waals surface area contributed by atoms with Crippen LogP contribution in [-0.2, 0) is 0 Å². The van der Waals surface area contributed by atoms with E-state index in [-0.39, 0.29) is 17.9 Å². The molecule has 146 valence electrons. The number of fused-ring (bicyclic) bond motifs is 1. The summed E-state index contributed by atoms with van der Waals surface area (Å²) < 4.78 is 0. The fourth-order valence-corrected chi connectivity index (χ4v) is 3.45. The molecule has 0 radical (unpaired) electrons. The number of rotatable bonds is 6. The first-order chi connectivity index (χ1) is 13.4. The highest BCUT2D eigenvalue weighted by molar-refractivity contribution is 6.30. The molecular formula is C22H25ClN4O. The van der Waals surface area contributed by atoms with E-state index < -0.39 is 0 Å². The van der Waals surface area contributed by atoms with E-state index in [2.05, 4.69) is 29.1 Å². The van der Waals surface area contributed by atoms with Gasteiger partial charge >= 0.3 is 0 Å². The summed E-state index contributed by atoms with van der Waals surface area (Å²) in [6.45, 7) is 6.73. The molecule has 1 N–H and O–H groups in total. The van der Waals surface area contributed by atoms with Crippen molar-refractivity contribution in [3.05, 3.63) is 64.9 Å². The van der Waals surface area contributed by atoms with E-state index in [0.29, 0.717) is 17.1 Å². The Kier molecular flexibility index (Phi) is 6.15. The van der Waals surface area contributed by atoms with Crippen molar-refractivity contribution in [2.45, 2.75) is 26.8 Å². The van der Waals surface area contributed by atoms with Crippen LogP contribution in [0.1, 0.15) is 29.9 Å². The van der Waals surface area contributed by atoms with Crippen LogP contribution in [0.4, 0.5) is 5.82 Å². The van der Waals surface area contributed by atoms with Crippen molar-refractivity contribution in [3.8, 4) is 0 Å². The number of nitrogens with zero attached hydrogens (tertiary/aromatic N) is 3. The molecular weight excluding hydrogens is 372 g/mol. The Morgan fingerprint density at radius 3 is 2.64 bits per heavy atom. The number of hydrogen-bond donors (Lipinski definition) is 1. The van der Waals surface area contributed by atoms with Crippen LogP contribution in [-0.4, -0.2) is 40.4 Å². The molecule has 1 atom stereocenters. The fourth-order valence-electron chi connectivity index (χ4n) is 3.33. The molecule has 28 heavy (non-hydrogen) atoms. The van der Waals surface area contributed by atoms with Crippen molar-refractivity contribution in [3.63, 3.8) is 0 Å². The highest BCUT2D eigenvalue weighted by Gasteiger charge is 2.25. The van der Waals surface area contributed by atoms with Gasteiger partial charge in [0.25, 0.3) is 5.91 Å². The van der Waals surface area contributed by atoms with Crippen molar-refractivity contribution in [2.75, 3.05) is 18.9 Å². The number of likely N-dealkylation sites (N-methyl/N-ethyl adjacent to an activating group) is 1. The molecule has 5 nitrogen and oxygen atoms in total. The van der Waals surface area contributed by atoms with E-state index in [1.165, 1.54) is 0 Å². The largest absolute Gasteiger partial charge is 0.368 e. The minimum absolute atomic E-state index is 0.00258. The van der Waals surface area contributed by atoms with Gasteiger partial charge in [0.05, 0.1) is 22.1 Å². The molecule has 3 rings (SSSR count). The van der Waals surface area contributed by atoms with Crippen molar-refractivity contribution >= 4 is 34.2 Å². The van der Waals surface area contributed by atoms with E-state index in [4.69, 9.17) is 11.6 Å². The first-order valence-electron chi connectivity index (χ1n) is 9.36. The molecule has 1 amide bonds. The van der Waals surface area contributed by atoms with Gasteiger partial charge in [-0.2, -0.15) is 0 Å². The zero-order chi connectivity index (χ0) is 20.3. The first kappa shape index (κ1) is 20.1. The summed E-state index contributed by atoms with van der Waals surface area (Å²) in [6, 6.07) is 13.2. The second-order valence-corrected chi connectivity index (χ2v) is 7.73. The van der Waals surface area contributed by atoms with Gasteiger partial charge in [0.1, 0.15) is 5.82 Å². The van der Waals surface area contributed by atoms with Crippen LogP contribution in [0.2, 0.25) is 5.02 Å². The lowest BCUT2D eigenvalue weighted by Gasteiger charge is -2.32. The molecule has 0 saturated carbocycles. The highest BCUT2D eigenvalue weighted by Crippen LogP contribution is 2.22. The van der Waals surface area contributed by atoms with Crippen LogP contribution < -0.4 is 5.32 Å². The molecule has 0 aliphatic carbocycles. The predicted octanol–water partition coefficient (Wildman–Crippen LogP) is 4.80. The second kappa shape index (κ2) is 8.57. The van der Waals surface area contributed by atoms with E-state index in [1.807, 2.05) is 55.3 Å². The molecule has 0 unspecified atom stereocenters. The van der Waals surface area contributed by atoms with Gasteiger partial charge in [0.2, 0.25) is 0 Å². The number of hydrogen-bond acceptors (Lipinski definition) is 4. The Hall–Kier alpha value is -2.66. The lowest BCUT2D eigenvalue weighted by atomic mass is 10.0. The van der Waals surface area contributed by atoms with Gasteiger partial charge in [-0.3, -0.25) is 9.78 Å². The topological polar surface area (TPSA) is 58.1 Å². The molecule has 0 saturated heterocycles. The maximum absolute atomic E-state index is 13.4. The Morgan fingerprint density at radius 2 is 1.96 bits per heavy atom. The zero-order valence-electron chi connectivity index (χ0n) is 16.6. The molecule has 1 aromatic carbocycles. The number of benzene rings is 1. The zero-order valence-corrected chi connectivity index (χ0v) is 17.4. The Morgan fingerprint density at radius 1 is 1.21 bits per heavy atom. The van der Waals surface area contributed by atoms with Gasteiger partial charge in [0, 0.05) is 30.9 Å². The van der Waals surface area contributed by atoms with Crippen LogP contribution in [0.3, 0.4) is 0 Å². The SMILES string of the molecule is Cc1cc(C(=O)N(C)[C@H](CNc2ccc(Cl)cn2)C(C)C)c2ccccc2n1. The third-order valence-corrected chi connectivity index (χ3v) is 5.11. The number of carbonyl (C=O) groups is 1. The lowest BCUT2D eigenvalue weighted by Crippen LogP contribution is -2.44. The first-order valence-corrected chi connectivity index (χ1v) is 9.73. The maximum Gasteiger partial charge on any atom is 0.254 e. The van der Waals surface area contributed by atoms with Crippen molar-refractivity contribution in [2.24, 2.45) is 5.92 Å². The molecule has 0 aliphatic heterocycles. The summed E-state index contributed by atoms with van der Waals surface area (Å²) in [7, 11) is 1.86. The smallest absolute Gasteiger partial charge is 0.254 e. The van der Waals surface area contributed by atoms with Gasteiger partial charge in [-0.1, -0.05) is 43.6 Å². The molecule has 0 bridgehead atoms. The van der Waals surface area contributed by atoms with E-state index >= 15 is 0 Å². The second-order valence-electron chi connectivity index (χ2n) is 7.30. The predicted molar refractivity (Wildman–Crippen MR) is 115 cm³/mol. The number of aryl methyl sites for hydroxylation is 1. The molecule has 0 fully saturated rings. The van der Waals surface area contributed by atoms with Crippen molar-refractivity contribution < 1.29 is 4.79 Å². The number of para-hydroxylation sites is 1. The number of anilines is 1. The van der Waals surface area contributed by atoms with Crippen LogP contribution in [0.25, 0.3) is 10.9 Å². The summed E-state index contributed by atoms with van der Waals surface area (Å²) in [5.74, 6) is 0.996. The quantitative estimate of drug-likeness (QED) is 0.650. The minimum Gasteiger partial charge on any atom is -0.368 e. The summed E-state index contributed by atoms with van der Waals surface area (Å²) in [5.41, 5.74) is 2.35. The van der Waals surface area contributed by atoms with Crippen molar-refractivity contribution in [1.82, 2.24) is 14.9 Å². The summed E-state index contributed by atoms with van der Waals surface area (Å²) >= 11 is 5.90.